The largest absolute Gasteiger partial charge is 0.494 e. The zero-order valence-electron chi connectivity index (χ0n) is 23.6. The second-order valence-corrected chi connectivity index (χ2v) is 10.5. The van der Waals surface area contributed by atoms with E-state index in [1.54, 1.807) is 0 Å². The van der Waals surface area contributed by atoms with E-state index in [1.807, 2.05) is 55.5 Å². The van der Waals surface area contributed by atoms with Crippen LogP contribution in [0.5, 0.6) is 5.75 Å². The van der Waals surface area contributed by atoms with Gasteiger partial charge in [-0.3, -0.25) is 4.79 Å². The van der Waals surface area contributed by atoms with E-state index in [2.05, 4.69) is 72.3 Å². The number of hydrogen-bond acceptors (Lipinski definition) is 3. The van der Waals surface area contributed by atoms with Crippen LogP contribution in [-0.2, 0) is 17.8 Å². The topological polar surface area (TPSA) is 56.1 Å². The van der Waals surface area contributed by atoms with E-state index >= 15 is 0 Å². The first-order valence-corrected chi connectivity index (χ1v) is 14.1. The smallest absolute Gasteiger partial charge is 0.224 e. The molecule has 1 atom stereocenters. The number of ether oxygens (including phenoxy) is 1. The summed E-state index contributed by atoms with van der Waals surface area (Å²) in [5.41, 5.74) is 7.76. The molecule has 0 aliphatic rings. The molecule has 204 valence electrons. The van der Waals surface area contributed by atoms with Crippen molar-refractivity contribution < 1.29 is 9.53 Å². The van der Waals surface area contributed by atoms with Crippen LogP contribution in [0.4, 0.5) is 0 Å². The van der Waals surface area contributed by atoms with Gasteiger partial charge in [-0.15, -0.1) is 0 Å². The Bertz CT molecular complexity index is 1550. The Hall–Kier alpha value is -4.38. The van der Waals surface area contributed by atoms with Gasteiger partial charge in [-0.25, -0.2) is 4.98 Å². The molecule has 0 aliphatic heterocycles. The Balaban J connectivity index is 1.20. The highest BCUT2D eigenvalue weighted by molar-refractivity contribution is 5.80. The number of carbonyl (C=O) groups is 1. The Morgan fingerprint density at radius 1 is 0.850 bits per heavy atom. The number of aromatic nitrogens is 2. The van der Waals surface area contributed by atoms with E-state index in [9.17, 15) is 4.79 Å². The fourth-order valence-electron chi connectivity index (χ4n) is 5.23. The van der Waals surface area contributed by atoms with Crippen molar-refractivity contribution in [1.82, 2.24) is 14.9 Å². The van der Waals surface area contributed by atoms with E-state index in [1.165, 1.54) is 16.7 Å². The van der Waals surface area contributed by atoms with Crippen LogP contribution in [0.2, 0.25) is 0 Å². The number of benzene rings is 4. The van der Waals surface area contributed by atoms with Gasteiger partial charge in [0.1, 0.15) is 11.6 Å². The van der Waals surface area contributed by atoms with Gasteiger partial charge in [0.2, 0.25) is 5.91 Å². The van der Waals surface area contributed by atoms with Crippen molar-refractivity contribution in [3.8, 4) is 16.9 Å². The molecule has 0 aliphatic carbocycles. The van der Waals surface area contributed by atoms with Crippen molar-refractivity contribution in [2.24, 2.45) is 0 Å². The first-order chi connectivity index (χ1) is 19.5. The van der Waals surface area contributed by atoms with Crippen molar-refractivity contribution >= 4 is 16.9 Å². The van der Waals surface area contributed by atoms with Gasteiger partial charge in [-0.2, -0.15) is 0 Å². The van der Waals surface area contributed by atoms with Gasteiger partial charge in [0, 0.05) is 6.54 Å². The lowest BCUT2D eigenvalue weighted by atomic mass is 10.0. The maximum atomic E-state index is 13.0. The van der Waals surface area contributed by atoms with E-state index in [0.29, 0.717) is 13.0 Å². The summed E-state index contributed by atoms with van der Waals surface area (Å²) in [4.78, 5) is 17.9. The second kappa shape index (κ2) is 12.6. The van der Waals surface area contributed by atoms with Gasteiger partial charge >= 0.3 is 0 Å². The van der Waals surface area contributed by atoms with E-state index in [0.717, 1.165) is 53.1 Å². The number of imidazole rings is 1. The first kappa shape index (κ1) is 27.2. The number of aryl methyl sites for hydroxylation is 3. The number of carbonyl (C=O) groups excluding carboxylic acids is 1. The van der Waals surface area contributed by atoms with Crippen molar-refractivity contribution in [2.75, 3.05) is 6.61 Å². The van der Waals surface area contributed by atoms with Gasteiger partial charge < -0.3 is 14.6 Å². The van der Waals surface area contributed by atoms with Crippen molar-refractivity contribution in [1.29, 1.82) is 0 Å². The standard InChI is InChI=1S/C35H37N3O2/c1-25-21-26(2)23-31(22-25)40-20-10-9-19-38-33-14-8-7-13-32(33)37-35(38)27(3)36-34(39)24-28-15-17-30(18-16-28)29-11-5-4-6-12-29/h4-8,11-18,21-23,27H,9-10,19-20,24H2,1-3H3,(H,36,39). The van der Waals surface area contributed by atoms with Crippen LogP contribution in [0.15, 0.2) is 97.1 Å². The van der Waals surface area contributed by atoms with Gasteiger partial charge in [-0.1, -0.05) is 72.8 Å². The Kier molecular flexibility index (Phi) is 8.60. The third-order valence-corrected chi connectivity index (χ3v) is 7.11. The zero-order chi connectivity index (χ0) is 27.9. The molecule has 1 unspecified atom stereocenters. The van der Waals surface area contributed by atoms with Crippen LogP contribution in [0.25, 0.3) is 22.2 Å². The normalized spacial score (nSPS) is 11.9. The van der Waals surface area contributed by atoms with E-state index in [-0.39, 0.29) is 11.9 Å². The molecule has 0 spiro atoms. The lowest BCUT2D eigenvalue weighted by Gasteiger charge is -2.17. The zero-order valence-corrected chi connectivity index (χ0v) is 23.6. The summed E-state index contributed by atoms with van der Waals surface area (Å²) in [5.74, 6) is 1.79. The summed E-state index contributed by atoms with van der Waals surface area (Å²) in [6.45, 7) is 7.67. The number of amides is 1. The molecule has 0 fully saturated rings. The number of nitrogens with one attached hydrogen (secondary N) is 1. The maximum absolute atomic E-state index is 13.0. The molecule has 1 aromatic heterocycles. The highest BCUT2D eigenvalue weighted by atomic mass is 16.5. The second-order valence-electron chi connectivity index (χ2n) is 10.5. The van der Waals surface area contributed by atoms with Gasteiger partial charge in [0.25, 0.3) is 0 Å². The molecule has 5 nitrogen and oxygen atoms in total. The molecule has 5 aromatic rings. The number of rotatable bonds is 11. The molecule has 40 heavy (non-hydrogen) atoms. The van der Waals surface area contributed by atoms with Crippen LogP contribution < -0.4 is 10.1 Å². The van der Waals surface area contributed by atoms with Crippen LogP contribution >= 0.6 is 0 Å². The molecule has 0 bridgehead atoms. The maximum Gasteiger partial charge on any atom is 0.224 e. The molecule has 5 heteroatoms. The Labute approximate surface area is 236 Å². The Morgan fingerprint density at radius 2 is 1.52 bits per heavy atom. The lowest BCUT2D eigenvalue weighted by Crippen LogP contribution is -2.30. The van der Waals surface area contributed by atoms with Gasteiger partial charge in [0.15, 0.2) is 0 Å². The van der Waals surface area contributed by atoms with Crippen molar-refractivity contribution in [3.05, 3.63) is 120 Å². The molecule has 0 radical (unpaired) electrons. The van der Waals surface area contributed by atoms with Crippen LogP contribution in [0.1, 0.15) is 48.3 Å². The minimum atomic E-state index is -0.213. The number of fused-ring (bicyclic) bond motifs is 1. The summed E-state index contributed by atoms with van der Waals surface area (Å²) >= 11 is 0. The minimum Gasteiger partial charge on any atom is -0.494 e. The molecule has 5 rings (SSSR count). The number of para-hydroxylation sites is 2. The summed E-state index contributed by atoms with van der Waals surface area (Å²) in [6.07, 6.45) is 2.21. The molecular formula is C35H37N3O2. The van der Waals surface area contributed by atoms with Crippen molar-refractivity contribution in [3.63, 3.8) is 0 Å². The fourth-order valence-corrected chi connectivity index (χ4v) is 5.23. The minimum absolute atomic E-state index is 0.0135. The first-order valence-electron chi connectivity index (χ1n) is 14.1. The SMILES string of the molecule is Cc1cc(C)cc(OCCCCn2c(C(C)NC(=O)Cc3ccc(-c4ccccc4)cc3)nc3ccccc32)c1. The van der Waals surface area contributed by atoms with Crippen LogP contribution in [-0.4, -0.2) is 22.1 Å². The summed E-state index contributed by atoms with van der Waals surface area (Å²) in [6, 6.07) is 32.7. The molecule has 1 N–H and O–H groups in total. The summed E-state index contributed by atoms with van der Waals surface area (Å²) in [5, 5.41) is 3.18. The monoisotopic (exact) mass is 531 g/mol. The predicted molar refractivity (Wildman–Crippen MR) is 163 cm³/mol. The quantitative estimate of drug-likeness (QED) is 0.179. The molecule has 4 aromatic carbocycles. The highest BCUT2D eigenvalue weighted by Crippen LogP contribution is 2.23. The highest BCUT2D eigenvalue weighted by Gasteiger charge is 2.18. The molecule has 0 saturated carbocycles. The average molecular weight is 532 g/mol. The third-order valence-electron chi connectivity index (χ3n) is 7.11. The van der Waals surface area contributed by atoms with E-state index < -0.39 is 0 Å². The summed E-state index contributed by atoms with van der Waals surface area (Å²) in [7, 11) is 0. The van der Waals surface area contributed by atoms with Crippen molar-refractivity contribution in [2.45, 2.75) is 52.6 Å². The lowest BCUT2D eigenvalue weighted by molar-refractivity contribution is -0.121. The van der Waals surface area contributed by atoms with Gasteiger partial charge in [-0.05, 0) is 85.7 Å². The van der Waals surface area contributed by atoms with Crippen LogP contribution in [0.3, 0.4) is 0 Å². The number of hydrogen-bond donors (Lipinski definition) is 1. The average Bonchev–Trinajstić information content (AvgIpc) is 3.32. The third kappa shape index (κ3) is 6.78. The molecule has 1 heterocycles. The van der Waals surface area contributed by atoms with Crippen LogP contribution in [0, 0.1) is 13.8 Å². The summed E-state index contributed by atoms with van der Waals surface area (Å²) < 4.78 is 8.25. The van der Waals surface area contributed by atoms with Gasteiger partial charge in [0.05, 0.1) is 30.1 Å². The predicted octanol–water partition coefficient (Wildman–Crippen LogP) is 7.60. The number of nitrogens with zero attached hydrogens (tertiary/aromatic N) is 2. The Morgan fingerprint density at radius 3 is 2.27 bits per heavy atom. The number of unbranched alkanes of at least 4 members (excludes halogenated alkanes) is 1. The molecule has 0 saturated heterocycles. The van der Waals surface area contributed by atoms with E-state index in [4.69, 9.17) is 9.72 Å². The molecular weight excluding hydrogens is 494 g/mol. The fraction of sp³-hybridized carbons (Fsp3) is 0.257. The molecule has 1 amide bonds.